The highest BCUT2D eigenvalue weighted by Crippen LogP contribution is 2.34. The summed E-state index contributed by atoms with van der Waals surface area (Å²) >= 11 is 0. The Kier molecular flexibility index (Phi) is 8.24. The lowest BCUT2D eigenvalue weighted by Gasteiger charge is -2.42. The Morgan fingerprint density at radius 1 is 1.18 bits per heavy atom. The molecule has 204 valence electrons. The normalized spacial score (nSPS) is 17.3. The molecule has 4 rings (SSSR count). The summed E-state index contributed by atoms with van der Waals surface area (Å²) in [4.78, 5) is 1.95. The molecule has 0 radical (unpaired) electrons. The first-order valence-corrected chi connectivity index (χ1v) is 13.7. The van der Waals surface area contributed by atoms with E-state index in [0.29, 0.717) is 34.1 Å². The molecule has 0 unspecified atom stereocenters. The lowest BCUT2D eigenvalue weighted by Crippen LogP contribution is -2.51. The van der Waals surface area contributed by atoms with Gasteiger partial charge in [-0.25, -0.2) is 17.5 Å². The highest BCUT2D eigenvalue weighted by molar-refractivity contribution is 7.89. The van der Waals surface area contributed by atoms with E-state index in [1.54, 1.807) is 12.1 Å². The number of aryl methyl sites for hydroxylation is 1. The Hall–Kier alpha value is -3.22. The van der Waals surface area contributed by atoms with Crippen molar-refractivity contribution >= 4 is 27.6 Å². The fourth-order valence-electron chi connectivity index (χ4n) is 4.72. The Morgan fingerprint density at radius 2 is 1.89 bits per heavy atom. The molecule has 12 heteroatoms. The molecule has 38 heavy (non-hydrogen) atoms. The van der Waals surface area contributed by atoms with Crippen molar-refractivity contribution in [3.05, 3.63) is 71.3 Å². The molecule has 1 aliphatic heterocycles. The Balaban J connectivity index is 1.68. The molecule has 0 bridgehead atoms. The van der Waals surface area contributed by atoms with Crippen LogP contribution in [-0.4, -0.2) is 59.8 Å². The molecule has 1 fully saturated rings. The first-order valence-electron chi connectivity index (χ1n) is 12.2. The van der Waals surface area contributed by atoms with Crippen LogP contribution in [0.2, 0.25) is 0 Å². The molecule has 0 aliphatic carbocycles. The van der Waals surface area contributed by atoms with Crippen LogP contribution in [0.15, 0.2) is 53.7 Å². The maximum Gasteiger partial charge on any atom is 0.333 e. The molecule has 1 aliphatic rings. The summed E-state index contributed by atoms with van der Waals surface area (Å²) in [5, 5.41) is 14.7. The molecule has 3 aromatic rings. The molecule has 2 heterocycles. The predicted molar refractivity (Wildman–Crippen MR) is 140 cm³/mol. The van der Waals surface area contributed by atoms with Crippen molar-refractivity contribution in [3.8, 4) is 0 Å². The molecule has 1 atom stereocenters. The zero-order valence-corrected chi connectivity index (χ0v) is 22.2. The van der Waals surface area contributed by atoms with Gasteiger partial charge in [0.05, 0.1) is 12.4 Å². The van der Waals surface area contributed by atoms with Gasteiger partial charge >= 0.3 is 6.55 Å². The van der Waals surface area contributed by atoms with Gasteiger partial charge in [0.1, 0.15) is 10.7 Å². The van der Waals surface area contributed by atoms with Crippen LogP contribution >= 0.6 is 0 Å². The van der Waals surface area contributed by atoms with Gasteiger partial charge in [0.15, 0.2) is 0 Å². The smallest absolute Gasteiger partial charge is 0.333 e. The third kappa shape index (κ3) is 5.92. The molecule has 0 saturated carbocycles. The second kappa shape index (κ2) is 11.3. The van der Waals surface area contributed by atoms with Crippen molar-refractivity contribution in [2.75, 3.05) is 31.5 Å². The summed E-state index contributed by atoms with van der Waals surface area (Å²) in [5.74, 6) is -0.0233. The minimum atomic E-state index is -4.05. The number of nitrogens with one attached hydrogen (secondary N) is 2. The maximum atomic E-state index is 13.4. The zero-order chi connectivity index (χ0) is 27.6. The van der Waals surface area contributed by atoms with Crippen LogP contribution < -0.4 is 5.32 Å². The van der Waals surface area contributed by atoms with Gasteiger partial charge in [-0.15, -0.1) is 0 Å². The number of nitrogens with zero attached hydrogens (tertiary/aromatic N) is 4. The summed E-state index contributed by atoms with van der Waals surface area (Å²) < 4.78 is 67.7. The van der Waals surface area contributed by atoms with Crippen LogP contribution in [0.5, 0.6) is 0 Å². The summed E-state index contributed by atoms with van der Waals surface area (Å²) in [6.45, 7) is 4.70. The number of anilines is 2. The van der Waals surface area contributed by atoms with Gasteiger partial charge in [0, 0.05) is 55.4 Å². The minimum Gasteiger partial charge on any atom is -0.355 e. The average Bonchev–Trinajstić information content (AvgIpc) is 3.37. The minimum absolute atomic E-state index is 0.123. The van der Waals surface area contributed by atoms with E-state index in [1.807, 2.05) is 19.1 Å². The maximum absolute atomic E-state index is 13.4. The second-order valence-electron chi connectivity index (χ2n) is 9.77. The number of halogens is 3. The molecule has 2 aromatic carbocycles. The molecule has 0 spiro atoms. The first-order chi connectivity index (χ1) is 18.0. The highest BCUT2D eigenvalue weighted by Gasteiger charge is 2.36. The van der Waals surface area contributed by atoms with Gasteiger partial charge in [0.2, 0.25) is 10.0 Å². The average molecular weight is 549 g/mol. The van der Waals surface area contributed by atoms with Gasteiger partial charge in [-0.3, -0.25) is 4.90 Å². The van der Waals surface area contributed by atoms with Gasteiger partial charge in [-0.2, -0.15) is 18.2 Å². The number of aromatic nitrogens is 2. The van der Waals surface area contributed by atoms with Crippen LogP contribution in [0.1, 0.15) is 43.1 Å². The van der Waals surface area contributed by atoms with Gasteiger partial charge in [0.25, 0.3) is 0 Å². The van der Waals surface area contributed by atoms with Gasteiger partial charge in [-0.1, -0.05) is 13.8 Å². The van der Waals surface area contributed by atoms with Crippen LogP contribution in [-0.2, 0) is 10.0 Å². The molecule has 8 nitrogen and oxygen atoms in total. The second-order valence-corrected chi connectivity index (χ2v) is 11.7. The Bertz CT molecular complexity index is 1390. The van der Waals surface area contributed by atoms with E-state index in [1.165, 1.54) is 22.7 Å². The number of benzene rings is 2. The van der Waals surface area contributed by atoms with E-state index in [0.717, 1.165) is 30.1 Å². The Morgan fingerprint density at radius 3 is 2.50 bits per heavy atom. The van der Waals surface area contributed by atoms with Crippen LogP contribution in [0.3, 0.4) is 0 Å². The van der Waals surface area contributed by atoms with Crippen molar-refractivity contribution in [2.24, 2.45) is 5.92 Å². The monoisotopic (exact) mass is 548 g/mol. The zero-order valence-electron chi connectivity index (χ0n) is 21.4. The van der Waals surface area contributed by atoms with E-state index < -0.39 is 16.6 Å². The van der Waals surface area contributed by atoms with E-state index in [-0.39, 0.29) is 29.8 Å². The van der Waals surface area contributed by atoms with Gasteiger partial charge < -0.3 is 10.7 Å². The number of hydrogen-bond donors (Lipinski definition) is 2. The van der Waals surface area contributed by atoms with Gasteiger partial charge in [-0.05, 0) is 60.4 Å². The Labute approximate surface area is 220 Å². The van der Waals surface area contributed by atoms with E-state index in [4.69, 9.17) is 5.41 Å². The molecule has 1 saturated heterocycles. The molecule has 0 amide bonds. The number of sulfonamides is 1. The molecule has 2 N–H and O–H groups in total. The number of alkyl halides is 2. The summed E-state index contributed by atoms with van der Waals surface area (Å²) in [5.41, 5.74) is 3.70. The number of hydrogen-bond acceptors (Lipinski definition) is 6. The molecule has 1 aromatic heterocycles. The van der Waals surface area contributed by atoms with E-state index in [2.05, 4.69) is 29.2 Å². The SMILES string of the molecule is Cc1cc(Nc2ccc(F)cc2)c(C=N)cc1[C@H]1CN(S(=O)(=O)c2cnn(C(F)F)c2)CCN1CC(C)C. The third-order valence-corrected chi connectivity index (χ3v) is 8.36. The van der Waals surface area contributed by atoms with Crippen molar-refractivity contribution in [1.82, 2.24) is 19.0 Å². The van der Waals surface area contributed by atoms with Crippen molar-refractivity contribution in [3.63, 3.8) is 0 Å². The molecular weight excluding hydrogens is 517 g/mol. The lowest BCUT2D eigenvalue weighted by atomic mass is 9.94. The predicted octanol–water partition coefficient (Wildman–Crippen LogP) is 5.17. The topological polar surface area (TPSA) is 94.3 Å². The first kappa shape index (κ1) is 27.8. The van der Waals surface area contributed by atoms with Crippen LogP contribution in [0.4, 0.5) is 24.5 Å². The van der Waals surface area contributed by atoms with Crippen molar-refractivity contribution in [1.29, 1.82) is 5.41 Å². The van der Waals surface area contributed by atoms with Crippen LogP contribution in [0, 0.1) is 24.1 Å². The lowest BCUT2D eigenvalue weighted by molar-refractivity contribution is 0.0563. The summed E-state index contributed by atoms with van der Waals surface area (Å²) in [6.07, 6.45) is 3.02. The van der Waals surface area contributed by atoms with Crippen molar-refractivity contribution < 1.29 is 21.6 Å². The third-order valence-electron chi connectivity index (χ3n) is 6.55. The standard InChI is InChI=1S/C26H31F3N6O2S/c1-17(2)14-33-8-9-34(38(36,37)22-13-31-35(15-22)26(28)29)16-25(33)23-11-19(12-30)24(10-18(23)3)32-21-6-4-20(27)5-7-21/h4-7,10-13,15,17,25-26,30,32H,8-9,14,16H2,1-3H3/t25-/m1/s1. The summed E-state index contributed by atoms with van der Waals surface area (Å²) in [6, 6.07) is 9.36. The van der Waals surface area contributed by atoms with E-state index in [9.17, 15) is 21.6 Å². The largest absolute Gasteiger partial charge is 0.355 e. The van der Waals surface area contributed by atoms with Crippen molar-refractivity contribution in [2.45, 2.75) is 38.3 Å². The highest BCUT2D eigenvalue weighted by atomic mass is 32.2. The fraction of sp³-hybridized carbons (Fsp3) is 0.385. The quantitative estimate of drug-likeness (QED) is 0.360. The number of piperazine rings is 1. The fourth-order valence-corrected chi connectivity index (χ4v) is 6.10. The molecular formula is C26H31F3N6O2S. The summed E-state index contributed by atoms with van der Waals surface area (Å²) in [7, 11) is -4.05. The van der Waals surface area contributed by atoms with Crippen LogP contribution in [0.25, 0.3) is 0 Å². The van der Waals surface area contributed by atoms with E-state index >= 15 is 0 Å². The number of rotatable bonds is 9.